The average molecular weight is 459 g/mol. The number of benzene rings is 2. The number of halogens is 1. The standard InChI is InChI=1S/C25H31ClN2O4/c1-24(2,3)32-23(30)28-21(16-31-25(28,4)5)15-8-17-6-13-20(14-7-17)27-22(29)18-9-11-19(26)12-10-18/h6-7,9-14,21H,8,15-16H2,1-5H3,(H,27,29)/t21-/m0/s1. The largest absolute Gasteiger partial charge is 0.444 e. The molecule has 1 saturated heterocycles. The lowest BCUT2D eigenvalue weighted by Crippen LogP contribution is -2.49. The minimum Gasteiger partial charge on any atom is -0.444 e. The van der Waals surface area contributed by atoms with E-state index in [4.69, 9.17) is 21.1 Å². The molecule has 0 unspecified atom stereocenters. The monoisotopic (exact) mass is 458 g/mol. The molecule has 3 rings (SSSR count). The quantitative estimate of drug-likeness (QED) is 0.605. The Kier molecular flexibility index (Phi) is 7.16. The van der Waals surface area contributed by atoms with E-state index in [-0.39, 0.29) is 18.0 Å². The van der Waals surface area contributed by atoms with Crippen LogP contribution in [0.4, 0.5) is 10.5 Å². The van der Waals surface area contributed by atoms with E-state index in [2.05, 4.69) is 5.32 Å². The predicted molar refractivity (Wildman–Crippen MR) is 126 cm³/mol. The third-order valence-corrected chi connectivity index (χ3v) is 5.50. The van der Waals surface area contributed by atoms with Gasteiger partial charge in [0.05, 0.1) is 12.6 Å². The van der Waals surface area contributed by atoms with E-state index in [9.17, 15) is 9.59 Å². The van der Waals surface area contributed by atoms with Gasteiger partial charge in [0, 0.05) is 16.3 Å². The Morgan fingerprint density at radius 2 is 1.75 bits per heavy atom. The van der Waals surface area contributed by atoms with Crippen molar-refractivity contribution in [2.24, 2.45) is 0 Å². The molecule has 1 aliphatic rings. The van der Waals surface area contributed by atoms with Crippen LogP contribution in [0.3, 0.4) is 0 Å². The predicted octanol–water partition coefficient (Wildman–Crippen LogP) is 5.90. The SMILES string of the molecule is CC(C)(C)OC(=O)N1[C@@H](CCc2ccc(NC(=O)c3ccc(Cl)cc3)cc2)COC1(C)C. The van der Waals surface area contributed by atoms with Crippen LogP contribution >= 0.6 is 11.6 Å². The maximum absolute atomic E-state index is 12.8. The van der Waals surface area contributed by atoms with Gasteiger partial charge in [-0.25, -0.2) is 4.79 Å². The summed E-state index contributed by atoms with van der Waals surface area (Å²) in [5, 5.41) is 3.48. The van der Waals surface area contributed by atoms with Crippen LogP contribution in [0.5, 0.6) is 0 Å². The first-order valence-electron chi connectivity index (χ1n) is 10.8. The van der Waals surface area contributed by atoms with Gasteiger partial charge in [0.2, 0.25) is 0 Å². The van der Waals surface area contributed by atoms with Crippen LogP contribution in [-0.2, 0) is 15.9 Å². The molecule has 2 aromatic rings. The lowest BCUT2D eigenvalue weighted by atomic mass is 10.0. The van der Waals surface area contributed by atoms with Gasteiger partial charge in [0.25, 0.3) is 5.91 Å². The Morgan fingerprint density at radius 1 is 1.12 bits per heavy atom. The zero-order valence-electron chi connectivity index (χ0n) is 19.3. The van der Waals surface area contributed by atoms with Crippen molar-refractivity contribution in [3.05, 3.63) is 64.7 Å². The molecule has 1 N–H and O–H groups in total. The zero-order valence-corrected chi connectivity index (χ0v) is 20.0. The molecule has 6 nitrogen and oxygen atoms in total. The van der Waals surface area contributed by atoms with Crippen molar-refractivity contribution >= 4 is 29.3 Å². The molecule has 2 aromatic carbocycles. The Bertz CT molecular complexity index is 949. The molecule has 0 radical (unpaired) electrons. The van der Waals surface area contributed by atoms with Crippen LogP contribution in [0.1, 0.15) is 57.0 Å². The maximum Gasteiger partial charge on any atom is 0.412 e. The van der Waals surface area contributed by atoms with Crippen molar-refractivity contribution in [3.63, 3.8) is 0 Å². The van der Waals surface area contributed by atoms with E-state index >= 15 is 0 Å². The average Bonchev–Trinajstić information content (AvgIpc) is 3.01. The molecule has 1 aliphatic heterocycles. The maximum atomic E-state index is 12.8. The third kappa shape index (κ3) is 6.24. The van der Waals surface area contributed by atoms with Gasteiger partial charge >= 0.3 is 6.09 Å². The van der Waals surface area contributed by atoms with Crippen LogP contribution in [0.15, 0.2) is 48.5 Å². The van der Waals surface area contributed by atoms with Gasteiger partial charge in [-0.2, -0.15) is 0 Å². The van der Waals surface area contributed by atoms with Crippen molar-refractivity contribution in [2.75, 3.05) is 11.9 Å². The highest BCUT2D eigenvalue weighted by atomic mass is 35.5. The molecule has 1 atom stereocenters. The third-order valence-electron chi connectivity index (χ3n) is 5.25. The second-order valence-corrected chi connectivity index (χ2v) is 9.89. The van der Waals surface area contributed by atoms with Crippen LogP contribution in [-0.4, -0.2) is 40.9 Å². The Hall–Kier alpha value is -2.57. The van der Waals surface area contributed by atoms with Crippen molar-refractivity contribution in [1.82, 2.24) is 4.90 Å². The fourth-order valence-corrected chi connectivity index (χ4v) is 3.79. The van der Waals surface area contributed by atoms with Gasteiger partial charge in [0.1, 0.15) is 11.3 Å². The summed E-state index contributed by atoms with van der Waals surface area (Å²) < 4.78 is 11.5. The van der Waals surface area contributed by atoms with Gasteiger partial charge < -0.3 is 14.8 Å². The second-order valence-electron chi connectivity index (χ2n) is 9.46. The number of hydrogen-bond acceptors (Lipinski definition) is 4. The van der Waals surface area contributed by atoms with Crippen molar-refractivity contribution in [1.29, 1.82) is 0 Å². The van der Waals surface area contributed by atoms with E-state index < -0.39 is 11.3 Å². The Morgan fingerprint density at radius 3 is 2.34 bits per heavy atom. The van der Waals surface area contributed by atoms with Crippen LogP contribution in [0, 0.1) is 0 Å². The molecule has 0 aliphatic carbocycles. The molecule has 172 valence electrons. The number of anilines is 1. The normalized spacial score (nSPS) is 17.8. The highest BCUT2D eigenvalue weighted by Crippen LogP contribution is 2.31. The van der Waals surface area contributed by atoms with Crippen molar-refractivity contribution in [2.45, 2.75) is 64.8 Å². The Balaban J connectivity index is 1.58. The van der Waals surface area contributed by atoms with Crippen LogP contribution < -0.4 is 5.32 Å². The molecule has 1 heterocycles. The summed E-state index contributed by atoms with van der Waals surface area (Å²) in [4.78, 5) is 26.8. The van der Waals surface area contributed by atoms with Gasteiger partial charge in [-0.1, -0.05) is 23.7 Å². The molecule has 0 aromatic heterocycles. The first-order valence-corrected chi connectivity index (χ1v) is 11.1. The van der Waals surface area contributed by atoms with E-state index in [1.54, 1.807) is 29.2 Å². The fraction of sp³-hybridized carbons (Fsp3) is 0.440. The molecular weight excluding hydrogens is 428 g/mol. The summed E-state index contributed by atoms with van der Waals surface area (Å²) in [5.41, 5.74) is 1.11. The molecular formula is C25H31ClN2O4. The summed E-state index contributed by atoms with van der Waals surface area (Å²) in [6.07, 6.45) is 1.17. The van der Waals surface area contributed by atoms with Gasteiger partial charge in [-0.05, 0) is 89.4 Å². The summed E-state index contributed by atoms with van der Waals surface area (Å²) >= 11 is 5.87. The molecule has 2 amide bonds. The molecule has 1 fully saturated rings. The molecule has 0 bridgehead atoms. The number of rotatable bonds is 5. The fourth-order valence-electron chi connectivity index (χ4n) is 3.67. The molecule has 32 heavy (non-hydrogen) atoms. The number of carbonyl (C=O) groups is 2. The first kappa shape index (κ1) is 24.1. The molecule has 0 saturated carbocycles. The van der Waals surface area contributed by atoms with E-state index in [1.165, 1.54) is 0 Å². The number of hydrogen-bond donors (Lipinski definition) is 1. The number of carbonyl (C=O) groups excluding carboxylic acids is 2. The topological polar surface area (TPSA) is 67.9 Å². The number of aryl methyl sites for hydroxylation is 1. The van der Waals surface area contributed by atoms with Gasteiger partial charge in [-0.15, -0.1) is 0 Å². The molecule has 7 heteroatoms. The highest BCUT2D eigenvalue weighted by Gasteiger charge is 2.45. The van der Waals surface area contributed by atoms with Crippen molar-refractivity contribution in [3.8, 4) is 0 Å². The smallest absolute Gasteiger partial charge is 0.412 e. The second kappa shape index (κ2) is 9.51. The summed E-state index contributed by atoms with van der Waals surface area (Å²) in [5.74, 6) is -0.187. The lowest BCUT2D eigenvalue weighted by Gasteiger charge is -2.35. The number of nitrogens with zero attached hydrogens (tertiary/aromatic N) is 1. The molecule has 0 spiro atoms. The van der Waals surface area contributed by atoms with E-state index in [0.717, 1.165) is 24.1 Å². The highest BCUT2D eigenvalue weighted by molar-refractivity contribution is 6.30. The number of ether oxygens (including phenoxy) is 2. The van der Waals surface area contributed by atoms with E-state index in [0.29, 0.717) is 17.2 Å². The summed E-state index contributed by atoms with van der Waals surface area (Å²) in [7, 11) is 0. The lowest BCUT2D eigenvalue weighted by molar-refractivity contribution is -0.0626. The number of amides is 2. The van der Waals surface area contributed by atoms with Crippen molar-refractivity contribution < 1.29 is 19.1 Å². The minimum atomic E-state index is -0.706. The van der Waals surface area contributed by atoms with Gasteiger partial charge in [-0.3, -0.25) is 9.69 Å². The van der Waals surface area contributed by atoms with Crippen LogP contribution in [0.2, 0.25) is 5.02 Å². The van der Waals surface area contributed by atoms with E-state index in [1.807, 2.05) is 58.9 Å². The Labute approximate surface area is 194 Å². The van der Waals surface area contributed by atoms with Gasteiger partial charge in [0.15, 0.2) is 0 Å². The number of nitrogens with one attached hydrogen (secondary N) is 1. The first-order chi connectivity index (χ1) is 14.9. The zero-order chi connectivity index (χ0) is 23.5. The summed E-state index contributed by atoms with van der Waals surface area (Å²) in [6, 6.07) is 14.4. The minimum absolute atomic E-state index is 0.0656. The van der Waals surface area contributed by atoms with Crippen LogP contribution in [0.25, 0.3) is 0 Å². The summed E-state index contributed by atoms with van der Waals surface area (Å²) in [6.45, 7) is 9.82.